The van der Waals surface area contributed by atoms with Crippen molar-refractivity contribution in [3.8, 4) is 44.5 Å². The first-order valence-corrected chi connectivity index (χ1v) is 25.7. The fourth-order valence-corrected chi connectivity index (χ4v) is 13.6. The SMILES string of the molecule is C=C(O)C(C)(C)c1ccc(-c2cn(CC3(C)CCCC4(C3)CC4(C(=C)O)c3ccc(-c4cn(CC5(C)CCCCC5)c5cc(-c6c(C)noc6C)cnc45)cc3)c3cc(-c4c(C)noc4C)cnc23)cc1. The van der Waals surface area contributed by atoms with Crippen molar-refractivity contribution in [3.05, 3.63) is 144 Å². The lowest BCUT2D eigenvalue weighted by Crippen LogP contribution is -2.35. The highest BCUT2D eigenvalue weighted by molar-refractivity contribution is 5.96. The van der Waals surface area contributed by atoms with Gasteiger partial charge in [-0.05, 0) is 131 Å². The van der Waals surface area contributed by atoms with Gasteiger partial charge in [-0.15, -0.1) is 0 Å². The van der Waals surface area contributed by atoms with Crippen molar-refractivity contribution < 1.29 is 19.3 Å². The Hall–Kier alpha value is -6.68. The van der Waals surface area contributed by atoms with Gasteiger partial charge in [0.1, 0.15) is 11.5 Å². The van der Waals surface area contributed by atoms with Crippen LogP contribution in [0.4, 0.5) is 0 Å². The number of aliphatic hydroxyl groups is 2. The van der Waals surface area contributed by atoms with Crippen LogP contribution >= 0.6 is 0 Å². The van der Waals surface area contributed by atoms with Crippen LogP contribution in [0.1, 0.15) is 126 Å². The number of fused-ring (bicyclic) bond motifs is 2. The highest BCUT2D eigenvalue weighted by Gasteiger charge is 2.71. The summed E-state index contributed by atoms with van der Waals surface area (Å²) in [7, 11) is 0. The Labute approximate surface area is 417 Å². The van der Waals surface area contributed by atoms with Crippen molar-refractivity contribution in [2.24, 2.45) is 16.2 Å². The van der Waals surface area contributed by atoms with E-state index in [9.17, 15) is 10.2 Å². The molecule has 3 aliphatic rings. The van der Waals surface area contributed by atoms with E-state index in [0.29, 0.717) is 0 Å². The molecular formula is C61H68N6O4. The molecular weight excluding hydrogens is 881 g/mol. The first-order valence-electron chi connectivity index (χ1n) is 25.7. The van der Waals surface area contributed by atoms with Crippen LogP contribution in [0.2, 0.25) is 0 Å². The average Bonchev–Trinajstić information content (AvgIpc) is 3.71. The summed E-state index contributed by atoms with van der Waals surface area (Å²) in [6, 6.07) is 21.9. The zero-order valence-corrected chi connectivity index (χ0v) is 42.9. The molecule has 0 saturated heterocycles. The Morgan fingerprint density at radius 3 is 1.61 bits per heavy atom. The number of pyridine rings is 2. The molecule has 1 spiro atoms. The number of rotatable bonds is 12. The van der Waals surface area contributed by atoms with Crippen LogP contribution in [-0.2, 0) is 23.9 Å². The lowest BCUT2D eigenvalue weighted by Gasteiger charge is -2.41. The largest absolute Gasteiger partial charge is 0.512 e. The number of aryl methyl sites for hydroxylation is 4. The molecule has 3 unspecified atom stereocenters. The van der Waals surface area contributed by atoms with Gasteiger partial charge in [-0.2, -0.15) is 0 Å². The molecule has 11 rings (SSSR count). The number of nitrogens with zero attached hydrogens (tertiary/aromatic N) is 6. The van der Waals surface area contributed by atoms with E-state index < -0.39 is 10.8 Å². The van der Waals surface area contributed by atoms with Gasteiger partial charge >= 0.3 is 0 Å². The molecule has 3 aliphatic carbocycles. The number of aliphatic hydroxyl groups excluding tert-OH is 2. The van der Waals surface area contributed by atoms with Gasteiger partial charge in [-0.1, -0.05) is 112 Å². The second kappa shape index (κ2) is 16.7. The van der Waals surface area contributed by atoms with Gasteiger partial charge in [0.25, 0.3) is 0 Å². The Morgan fingerprint density at radius 1 is 0.634 bits per heavy atom. The van der Waals surface area contributed by atoms with Crippen molar-refractivity contribution in [2.75, 3.05) is 0 Å². The minimum Gasteiger partial charge on any atom is -0.512 e. The molecule has 0 amide bonds. The number of hydrogen-bond donors (Lipinski definition) is 2. The summed E-state index contributed by atoms with van der Waals surface area (Å²) in [5.74, 6) is 1.97. The van der Waals surface area contributed by atoms with Crippen LogP contribution in [-0.4, -0.2) is 39.6 Å². The maximum Gasteiger partial charge on any atom is 0.141 e. The molecule has 6 heterocycles. The summed E-state index contributed by atoms with van der Waals surface area (Å²) in [4.78, 5) is 10.3. The Bertz CT molecular complexity index is 3360. The number of hydrogen-bond acceptors (Lipinski definition) is 8. The number of aromatic nitrogens is 6. The molecule has 3 saturated carbocycles. The van der Waals surface area contributed by atoms with Gasteiger partial charge in [0.2, 0.25) is 0 Å². The highest BCUT2D eigenvalue weighted by atomic mass is 16.5. The van der Waals surface area contributed by atoms with Crippen molar-refractivity contribution in [3.63, 3.8) is 0 Å². The fraction of sp³-hybridized carbons (Fsp3) is 0.410. The van der Waals surface area contributed by atoms with E-state index in [2.05, 4.69) is 120 Å². The molecule has 2 aromatic carbocycles. The molecule has 10 heteroatoms. The Kier molecular flexibility index (Phi) is 11.0. The number of benzene rings is 2. The zero-order chi connectivity index (χ0) is 49.8. The van der Waals surface area contributed by atoms with Crippen LogP contribution < -0.4 is 0 Å². The third kappa shape index (κ3) is 7.66. The fourth-order valence-electron chi connectivity index (χ4n) is 13.6. The zero-order valence-electron chi connectivity index (χ0n) is 42.9. The Balaban J connectivity index is 0.922. The molecule has 0 radical (unpaired) electrons. The third-order valence-electron chi connectivity index (χ3n) is 17.6. The summed E-state index contributed by atoms with van der Waals surface area (Å²) in [6.45, 7) is 26.6. The Morgan fingerprint density at radius 2 is 1.13 bits per heavy atom. The van der Waals surface area contributed by atoms with Crippen molar-refractivity contribution in [1.82, 2.24) is 29.4 Å². The summed E-state index contributed by atoms with van der Waals surface area (Å²) in [6.07, 6.45) is 19.8. The molecule has 0 bridgehead atoms. The molecule has 0 aliphatic heterocycles. The second-order valence-electron chi connectivity index (χ2n) is 23.2. The topological polar surface area (TPSA) is 128 Å². The van der Waals surface area contributed by atoms with E-state index in [4.69, 9.17) is 19.0 Å². The minimum absolute atomic E-state index is 0.0854. The molecule has 3 atom stereocenters. The van der Waals surface area contributed by atoms with Crippen LogP contribution in [0, 0.1) is 43.9 Å². The summed E-state index contributed by atoms with van der Waals surface area (Å²) < 4.78 is 16.1. The van der Waals surface area contributed by atoms with Crippen LogP contribution in [0.15, 0.2) is 119 Å². The molecule has 8 aromatic rings. The molecule has 366 valence electrons. The maximum absolute atomic E-state index is 11.8. The second-order valence-corrected chi connectivity index (χ2v) is 23.2. The van der Waals surface area contributed by atoms with Crippen LogP contribution in [0.5, 0.6) is 0 Å². The average molecular weight is 949 g/mol. The monoisotopic (exact) mass is 949 g/mol. The van der Waals surface area contributed by atoms with E-state index in [-0.39, 0.29) is 27.8 Å². The normalized spacial score (nSPS) is 22.1. The van der Waals surface area contributed by atoms with E-state index in [1.54, 1.807) is 0 Å². The van der Waals surface area contributed by atoms with E-state index >= 15 is 0 Å². The van der Waals surface area contributed by atoms with Gasteiger partial charge in [-0.25, -0.2) is 0 Å². The van der Waals surface area contributed by atoms with Crippen LogP contribution in [0.3, 0.4) is 0 Å². The van der Waals surface area contributed by atoms with Gasteiger partial charge in [0, 0.05) is 76.7 Å². The first-order chi connectivity index (χ1) is 33.8. The smallest absolute Gasteiger partial charge is 0.141 e. The molecule has 71 heavy (non-hydrogen) atoms. The molecule has 6 aromatic heterocycles. The van der Waals surface area contributed by atoms with Crippen LogP contribution in [0.25, 0.3) is 66.6 Å². The predicted molar refractivity (Wildman–Crippen MR) is 283 cm³/mol. The lowest BCUT2D eigenvalue weighted by atomic mass is 9.65. The summed E-state index contributed by atoms with van der Waals surface area (Å²) in [5.41, 5.74) is 15.2. The quantitative estimate of drug-likeness (QED) is 0.116. The van der Waals surface area contributed by atoms with E-state index in [1.807, 2.05) is 53.9 Å². The summed E-state index contributed by atoms with van der Waals surface area (Å²) >= 11 is 0. The predicted octanol–water partition coefficient (Wildman–Crippen LogP) is 15.6. The summed E-state index contributed by atoms with van der Waals surface area (Å²) in [5, 5.41) is 30.7. The third-order valence-corrected chi connectivity index (χ3v) is 17.6. The van der Waals surface area contributed by atoms with Crippen molar-refractivity contribution in [2.45, 2.75) is 144 Å². The van der Waals surface area contributed by atoms with Gasteiger partial charge < -0.3 is 28.4 Å². The van der Waals surface area contributed by atoms with E-state index in [0.717, 1.165) is 146 Å². The maximum atomic E-state index is 11.8. The number of allylic oxidation sites excluding steroid dienone is 2. The molecule has 10 nitrogen and oxygen atoms in total. The van der Waals surface area contributed by atoms with Crippen molar-refractivity contribution >= 4 is 22.1 Å². The molecule has 2 N–H and O–H groups in total. The standard InChI is InChI=1S/C61H68N6O4/c1-37-53(39(3)70-64-37)45-27-51-55(62-29-45)49(31-66(51)35-58(9)23-12-11-13-24-58)44-17-21-48(22-18-44)61(42(6)69)34-60(61)26-14-25-59(10,33-60)36-67-32-50(43-15-19-47(20-16-43)57(7,8)41(5)68)56-52(67)28-46(30-63-56)54-38(2)65-71-40(54)4/h15-22,27-32,68-69H,5-6,11-14,23-26,33-36H2,1-4,7-10H3. The minimum atomic E-state index is -0.575. The van der Waals surface area contributed by atoms with E-state index in [1.165, 1.54) is 32.1 Å². The van der Waals surface area contributed by atoms with Gasteiger partial charge in [0.05, 0.1) is 50.4 Å². The van der Waals surface area contributed by atoms with Gasteiger partial charge in [-0.3, -0.25) is 9.97 Å². The first kappa shape index (κ1) is 46.7. The lowest BCUT2D eigenvalue weighted by molar-refractivity contribution is 0.106. The van der Waals surface area contributed by atoms with Crippen molar-refractivity contribution in [1.29, 1.82) is 0 Å². The highest BCUT2D eigenvalue weighted by Crippen LogP contribution is 2.75. The van der Waals surface area contributed by atoms with Gasteiger partial charge in [0.15, 0.2) is 0 Å². The molecule has 3 fully saturated rings.